The fourth-order valence-corrected chi connectivity index (χ4v) is 2.45. The van der Waals surface area contributed by atoms with Gasteiger partial charge in [0.25, 0.3) is 0 Å². The van der Waals surface area contributed by atoms with Crippen molar-refractivity contribution < 1.29 is 9.53 Å². The van der Waals surface area contributed by atoms with Crippen molar-refractivity contribution in [2.24, 2.45) is 0 Å². The first kappa shape index (κ1) is 17.7. The van der Waals surface area contributed by atoms with Gasteiger partial charge >= 0.3 is 6.03 Å². The van der Waals surface area contributed by atoms with Gasteiger partial charge in [0.1, 0.15) is 0 Å². The van der Waals surface area contributed by atoms with Gasteiger partial charge in [0.05, 0.1) is 12.8 Å². The predicted octanol–water partition coefficient (Wildman–Crippen LogP) is 4.76. The Morgan fingerprint density at radius 3 is 2.27 bits per heavy atom. The Hall–Kier alpha value is -3.12. The lowest BCUT2D eigenvalue weighted by Crippen LogP contribution is -2.19. The molecule has 0 aliphatic carbocycles. The predicted molar refractivity (Wildman–Crippen MR) is 103 cm³/mol. The van der Waals surface area contributed by atoms with Crippen LogP contribution in [0, 0.1) is 6.92 Å². The Labute approximate surface area is 156 Å². The topological polar surface area (TPSA) is 76.1 Å². The van der Waals surface area contributed by atoms with Crippen LogP contribution in [-0.4, -0.2) is 23.3 Å². The third-order valence-corrected chi connectivity index (χ3v) is 4.12. The number of hydrogen-bond donors (Lipinski definition) is 2. The Balaban J connectivity index is 1.64. The minimum absolute atomic E-state index is 0.345. The zero-order valence-electron chi connectivity index (χ0n) is 14.3. The van der Waals surface area contributed by atoms with Gasteiger partial charge in [0.15, 0.2) is 0 Å². The van der Waals surface area contributed by atoms with Gasteiger partial charge in [0.2, 0.25) is 5.88 Å². The normalized spacial score (nSPS) is 10.3. The van der Waals surface area contributed by atoms with Crippen LogP contribution in [0.15, 0.2) is 54.6 Å². The van der Waals surface area contributed by atoms with Crippen LogP contribution in [0.2, 0.25) is 5.02 Å². The Morgan fingerprint density at radius 1 is 0.962 bits per heavy atom. The molecule has 1 heterocycles. The zero-order valence-corrected chi connectivity index (χ0v) is 15.0. The molecule has 7 heteroatoms. The molecule has 0 aliphatic heterocycles. The van der Waals surface area contributed by atoms with E-state index in [4.69, 9.17) is 16.3 Å². The highest BCUT2D eigenvalue weighted by Crippen LogP contribution is 2.22. The molecule has 0 atom stereocenters. The fourth-order valence-electron chi connectivity index (χ4n) is 2.27. The maximum atomic E-state index is 12.1. The number of halogens is 1. The molecule has 3 rings (SSSR count). The average Bonchev–Trinajstić information content (AvgIpc) is 2.65. The molecule has 3 aromatic rings. The third-order valence-electron chi connectivity index (χ3n) is 3.72. The summed E-state index contributed by atoms with van der Waals surface area (Å²) in [4.78, 5) is 12.1. The molecular formula is C19H17ClN4O2. The first-order chi connectivity index (χ1) is 12.5. The summed E-state index contributed by atoms with van der Waals surface area (Å²) in [6, 6.07) is 15.9. The van der Waals surface area contributed by atoms with E-state index in [1.807, 2.05) is 31.2 Å². The van der Waals surface area contributed by atoms with E-state index in [9.17, 15) is 4.79 Å². The van der Waals surface area contributed by atoms with Gasteiger partial charge in [0, 0.05) is 28.0 Å². The van der Waals surface area contributed by atoms with E-state index in [1.54, 1.807) is 37.4 Å². The van der Waals surface area contributed by atoms with Gasteiger partial charge in [-0.05, 0) is 42.8 Å². The number of aryl methyl sites for hydroxylation is 1. The van der Waals surface area contributed by atoms with Crippen LogP contribution in [0.5, 0.6) is 5.88 Å². The highest BCUT2D eigenvalue weighted by atomic mass is 35.5. The molecule has 0 spiro atoms. The van der Waals surface area contributed by atoms with Gasteiger partial charge in [-0.1, -0.05) is 29.8 Å². The van der Waals surface area contributed by atoms with Gasteiger partial charge in [-0.2, -0.15) is 0 Å². The monoisotopic (exact) mass is 368 g/mol. The Kier molecular flexibility index (Phi) is 5.34. The smallest absolute Gasteiger partial charge is 0.323 e. The first-order valence-corrected chi connectivity index (χ1v) is 8.25. The van der Waals surface area contributed by atoms with Gasteiger partial charge in [-0.25, -0.2) is 4.79 Å². The van der Waals surface area contributed by atoms with Crippen LogP contribution < -0.4 is 15.4 Å². The molecule has 2 aromatic carbocycles. The number of aromatic nitrogens is 2. The van der Waals surface area contributed by atoms with Crippen molar-refractivity contribution in [3.8, 4) is 17.1 Å². The molecule has 0 unspecified atom stereocenters. The van der Waals surface area contributed by atoms with E-state index >= 15 is 0 Å². The second-order valence-corrected chi connectivity index (χ2v) is 5.99. The summed E-state index contributed by atoms with van der Waals surface area (Å²) < 4.78 is 4.99. The summed E-state index contributed by atoms with van der Waals surface area (Å²) in [6.45, 7) is 1.90. The molecule has 0 saturated heterocycles. The maximum Gasteiger partial charge on any atom is 0.323 e. The molecule has 0 aliphatic rings. The quantitative estimate of drug-likeness (QED) is 0.696. The Morgan fingerprint density at radius 2 is 1.65 bits per heavy atom. The lowest BCUT2D eigenvalue weighted by atomic mass is 10.1. The lowest BCUT2D eigenvalue weighted by molar-refractivity contribution is 0.262. The van der Waals surface area contributed by atoms with Gasteiger partial charge in [-0.3, -0.25) is 0 Å². The van der Waals surface area contributed by atoms with E-state index in [0.717, 1.165) is 16.8 Å². The van der Waals surface area contributed by atoms with E-state index in [0.29, 0.717) is 22.3 Å². The van der Waals surface area contributed by atoms with Crippen molar-refractivity contribution in [2.75, 3.05) is 17.7 Å². The van der Waals surface area contributed by atoms with Crippen LogP contribution in [0.4, 0.5) is 16.2 Å². The molecule has 6 nitrogen and oxygen atoms in total. The lowest BCUT2D eigenvalue weighted by Gasteiger charge is -2.09. The van der Waals surface area contributed by atoms with Crippen molar-refractivity contribution >= 4 is 29.0 Å². The van der Waals surface area contributed by atoms with Crippen LogP contribution in [-0.2, 0) is 0 Å². The number of rotatable bonds is 4. The molecule has 132 valence electrons. The minimum Gasteiger partial charge on any atom is -0.480 e. The number of anilines is 2. The standard InChI is InChI=1S/C19H17ClN4O2/c1-12-3-6-15(11-16(12)20)22-19(25)21-14-7-4-13(5-8-14)17-9-10-18(26-2)24-23-17/h3-11H,1-2H3,(H2,21,22,25). The number of urea groups is 1. The highest BCUT2D eigenvalue weighted by Gasteiger charge is 2.06. The molecule has 0 bridgehead atoms. The summed E-state index contributed by atoms with van der Waals surface area (Å²) in [6.07, 6.45) is 0. The molecule has 0 fully saturated rings. The summed E-state index contributed by atoms with van der Waals surface area (Å²) in [7, 11) is 1.54. The van der Waals surface area contributed by atoms with E-state index in [1.165, 1.54) is 0 Å². The summed E-state index contributed by atoms with van der Waals surface area (Å²) in [5, 5.41) is 14.2. The zero-order chi connectivity index (χ0) is 18.5. The van der Waals surface area contributed by atoms with E-state index in [-0.39, 0.29) is 6.03 Å². The van der Waals surface area contributed by atoms with Crippen molar-refractivity contribution in [1.29, 1.82) is 0 Å². The number of nitrogens with zero attached hydrogens (tertiary/aromatic N) is 2. The maximum absolute atomic E-state index is 12.1. The Bertz CT molecular complexity index is 912. The third kappa shape index (κ3) is 4.29. The molecule has 1 aromatic heterocycles. The second kappa shape index (κ2) is 7.84. The average molecular weight is 369 g/mol. The highest BCUT2D eigenvalue weighted by molar-refractivity contribution is 6.31. The number of methoxy groups -OCH3 is 1. The molecule has 0 radical (unpaired) electrons. The first-order valence-electron chi connectivity index (χ1n) is 7.87. The van der Waals surface area contributed by atoms with Crippen LogP contribution >= 0.6 is 11.6 Å². The van der Waals surface area contributed by atoms with Crippen molar-refractivity contribution in [3.05, 3.63) is 65.2 Å². The number of hydrogen-bond acceptors (Lipinski definition) is 4. The molecule has 0 saturated carbocycles. The van der Waals surface area contributed by atoms with Crippen molar-refractivity contribution in [1.82, 2.24) is 10.2 Å². The van der Waals surface area contributed by atoms with E-state index < -0.39 is 0 Å². The summed E-state index contributed by atoms with van der Waals surface area (Å²) in [5.41, 5.74) is 3.84. The van der Waals surface area contributed by atoms with Crippen molar-refractivity contribution in [2.45, 2.75) is 6.92 Å². The van der Waals surface area contributed by atoms with Gasteiger partial charge < -0.3 is 15.4 Å². The SMILES string of the molecule is COc1ccc(-c2ccc(NC(=O)Nc3ccc(C)c(Cl)c3)cc2)nn1. The molecule has 2 N–H and O–H groups in total. The van der Waals surface area contributed by atoms with Crippen LogP contribution in [0.3, 0.4) is 0 Å². The number of benzene rings is 2. The largest absolute Gasteiger partial charge is 0.480 e. The number of amides is 2. The molecule has 26 heavy (non-hydrogen) atoms. The summed E-state index contributed by atoms with van der Waals surface area (Å²) in [5.74, 6) is 0.458. The minimum atomic E-state index is -0.345. The van der Waals surface area contributed by atoms with E-state index in [2.05, 4.69) is 20.8 Å². The van der Waals surface area contributed by atoms with Gasteiger partial charge in [-0.15, -0.1) is 10.2 Å². The van der Waals surface area contributed by atoms with Crippen LogP contribution in [0.1, 0.15) is 5.56 Å². The number of carbonyl (C=O) groups is 1. The van der Waals surface area contributed by atoms with Crippen LogP contribution in [0.25, 0.3) is 11.3 Å². The number of nitrogens with one attached hydrogen (secondary N) is 2. The number of carbonyl (C=O) groups excluding carboxylic acids is 1. The fraction of sp³-hybridized carbons (Fsp3) is 0.105. The molecular weight excluding hydrogens is 352 g/mol. The summed E-state index contributed by atoms with van der Waals surface area (Å²) >= 11 is 6.06. The van der Waals surface area contributed by atoms with Crippen molar-refractivity contribution in [3.63, 3.8) is 0 Å². The molecule has 2 amide bonds. The second-order valence-electron chi connectivity index (χ2n) is 5.58. The number of ether oxygens (including phenoxy) is 1.